The average Bonchev–Trinajstić information content (AvgIpc) is 2.99. The fourth-order valence-corrected chi connectivity index (χ4v) is 5.35. The molecule has 0 bridgehead atoms. The lowest BCUT2D eigenvalue weighted by molar-refractivity contribution is -0.139. The highest BCUT2D eigenvalue weighted by Crippen LogP contribution is 2.32. The van der Waals surface area contributed by atoms with Gasteiger partial charge in [-0.2, -0.15) is 13.5 Å². The molecule has 4 rings (SSSR count). The van der Waals surface area contributed by atoms with Gasteiger partial charge in [-0.15, -0.1) is 0 Å². The van der Waals surface area contributed by atoms with Crippen molar-refractivity contribution >= 4 is 66.0 Å². The summed E-state index contributed by atoms with van der Waals surface area (Å²) in [5.41, 5.74) is 3.71. The summed E-state index contributed by atoms with van der Waals surface area (Å²) in [5, 5.41) is 24.3. The van der Waals surface area contributed by atoms with Gasteiger partial charge in [-0.1, -0.05) is 65.7 Å². The van der Waals surface area contributed by atoms with Crippen molar-refractivity contribution in [3.05, 3.63) is 93.5 Å². The average molecular weight is 659 g/mol. The van der Waals surface area contributed by atoms with Crippen LogP contribution in [0.5, 0.6) is 0 Å². The van der Waals surface area contributed by atoms with Gasteiger partial charge in [0.25, 0.3) is 11.8 Å². The molecule has 0 aliphatic carbocycles. The van der Waals surface area contributed by atoms with E-state index in [9.17, 15) is 29.4 Å². The molecule has 9 nitrogen and oxygen atoms in total. The molecule has 2 amide bonds. The van der Waals surface area contributed by atoms with Crippen molar-refractivity contribution in [2.45, 2.75) is 44.2 Å². The Hall–Kier alpha value is -3.70. The first-order valence-corrected chi connectivity index (χ1v) is 14.5. The van der Waals surface area contributed by atoms with E-state index in [1.165, 1.54) is 0 Å². The number of Topliss-reactive ketones (excluding diaryl/α,β-unsaturated/α-hetero) is 1. The number of hydrogen-bond donors (Lipinski definition) is 4. The van der Waals surface area contributed by atoms with E-state index in [-0.39, 0.29) is 48.5 Å². The van der Waals surface area contributed by atoms with E-state index in [0.29, 0.717) is 36.9 Å². The molecule has 3 aromatic carbocycles. The van der Waals surface area contributed by atoms with Crippen molar-refractivity contribution in [2.24, 2.45) is 4.99 Å². The maximum atomic E-state index is 12.9. The third-order valence-electron chi connectivity index (χ3n) is 7.03. The number of aliphatic carboxylic acids is 1. The van der Waals surface area contributed by atoms with Gasteiger partial charge in [0.15, 0.2) is 5.78 Å². The van der Waals surface area contributed by atoms with Gasteiger partial charge in [-0.25, -0.2) is 4.79 Å². The highest BCUT2D eigenvalue weighted by Gasteiger charge is 2.25. The van der Waals surface area contributed by atoms with Gasteiger partial charge in [0.05, 0.1) is 34.8 Å². The largest absolute Gasteiger partial charge is 0.480 e. The van der Waals surface area contributed by atoms with Crippen molar-refractivity contribution in [1.29, 1.82) is 0 Å². The Morgan fingerprint density at radius 2 is 1.64 bits per heavy atom. The Labute approximate surface area is 272 Å². The van der Waals surface area contributed by atoms with Gasteiger partial charge in [0, 0.05) is 24.1 Å². The van der Waals surface area contributed by atoms with Crippen LogP contribution >= 0.6 is 36.7 Å². The van der Waals surface area contributed by atoms with E-state index in [1.54, 1.807) is 30.3 Å². The lowest BCUT2D eigenvalue weighted by atomic mass is 9.99. The number of carboxylic acid groups (broad SMARTS) is 1. The summed E-state index contributed by atoms with van der Waals surface area (Å²) in [4.78, 5) is 54.3. The maximum Gasteiger partial charge on any atom is 0.326 e. The Bertz CT molecular complexity index is 1530. The standard InChI is InChI=1S/C32H31Cl2N3O6.H2S/c33-26-15-22(20-6-2-1-3-7-20)16-27(34)29(26)31(41)37-28(32(42)43)12-11-25(39)18-36-30(40)21-8-4-5-19(13-21)14-23-9-10-24(38)17-35-23;/h1-8,13,15-16,24,28,38H,9-12,14,17-18H2,(H,36,40)(H,37,41)(H,42,43);1H2/t24?,28-;/m1./s1. The number of hydrogen-bond acceptors (Lipinski definition) is 6. The van der Waals surface area contributed by atoms with Crippen molar-refractivity contribution in [3.63, 3.8) is 0 Å². The first-order chi connectivity index (χ1) is 20.6. The number of carbonyl (C=O) groups excluding carboxylic acids is 3. The first kappa shape index (κ1) is 34.8. The third-order valence-corrected chi connectivity index (χ3v) is 7.62. The van der Waals surface area contributed by atoms with Crippen LogP contribution < -0.4 is 10.6 Å². The fraction of sp³-hybridized carbons (Fsp3) is 0.281. The Morgan fingerprint density at radius 3 is 2.27 bits per heavy atom. The second-order valence-corrected chi connectivity index (χ2v) is 11.1. The zero-order valence-corrected chi connectivity index (χ0v) is 26.2. The van der Waals surface area contributed by atoms with E-state index in [2.05, 4.69) is 15.6 Å². The molecule has 1 unspecified atom stereocenters. The SMILES string of the molecule is O=C(CC[C@@H](NC(=O)c1c(Cl)cc(-c2ccccc2)cc1Cl)C(=O)O)CNC(=O)c1cccc(CC2=NCC(O)CC2)c1.S. The molecule has 12 heteroatoms. The minimum atomic E-state index is -1.38. The number of carboxylic acids is 1. The molecule has 1 aliphatic heterocycles. The number of aliphatic hydroxyl groups is 1. The van der Waals surface area contributed by atoms with Crippen LogP contribution in [0.4, 0.5) is 0 Å². The van der Waals surface area contributed by atoms with E-state index in [0.717, 1.165) is 16.8 Å². The first-order valence-electron chi connectivity index (χ1n) is 13.8. The van der Waals surface area contributed by atoms with Gasteiger partial charge in [0.2, 0.25) is 0 Å². The summed E-state index contributed by atoms with van der Waals surface area (Å²) in [6.45, 7) is 0.0833. The van der Waals surface area contributed by atoms with Gasteiger partial charge in [-0.3, -0.25) is 19.4 Å². The number of halogens is 2. The Morgan fingerprint density at radius 1 is 0.932 bits per heavy atom. The normalized spacial score (nSPS) is 14.9. The lowest BCUT2D eigenvalue weighted by Gasteiger charge is -2.17. The van der Waals surface area contributed by atoms with Crippen molar-refractivity contribution in [3.8, 4) is 11.1 Å². The van der Waals surface area contributed by atoms with Crippen LogP contribution in [0.25, 0.3) is 11.1 Å². The molecule has 0 saturated heterocycles. The summed E-state index contributed by atoms with van der Waals surface area (Å²) in [7, 11) is 0. The molecule has 0 spiro atoms. The molecule has 2 atom stereocenters. The molecule has 3 aromatic rings. The van der Waals surface area contributed by atoms with Gasteiger partial charge in [0.1, 0.15) is 6.04 Å². The molecule has 232 valence electrons. The monoisotopic (exact) mass is 657 g/mol. The van der Waals surface area contributed by atoms with Crippen LogP contribution in [-0.2, 0) is 16.0 Å². The summed E-state index contributed by atoms with van der Waals surface area (Å²) in [6, 6.07) is 18.0. The molecular weight excluding hydrogens is 625 g/mol. The number of rotatable bonds is 12. The second-order valence-electron chi connectivity index (χ2n) is 10.3. The number of benzene rings is 3. The number of aliphatic hydroxyl groups excluding tert-OH is 1. The van der Waals surface area contributed by atoms with Crippen LogP contribution in [0.15, 0.2) is 71.7 Å². The molecule has 44 heavy (non-hydrogen) atoms. The van der Waals surface area contributed by atoms with E-state index >= 15 is 0 Å². The number of nitrogens with zero attached hydrogens (tertiary/aromatic N) is 1. The minimum absolute atomic E-state index is 0. The molecule has 1 heterocycles. The number of aliphatic imine (C=N–C) groups is 1. The summed E-state index contributed by atoms with van der Waals surface area (Å²) < 4.78 is 0. The zero-order valence-electron chi connectivity index (χ0n) is 23.7. The maximum absolute atomic E-state index is 12.9. The van der Waals surface area contributed by atoms with Crippen molar-refractivity contribution in [2.75, 3.05) is 13.1 Å². The third kappa shape index (κ3) is 9.65. The topological polar surface area (TPSA) is 145 Å². The van der Waals surface area contributed by atoms with E-state index < -0.39 is 35.7 Å². The number of nitrogens with one attached hydrogen (secondary N) is 2. The lowest BCUT2D eigenvalue weighted by Crippen LogP contribution is -2.41. The van der Waals surface area contributed by atoms with Crippen LogP contribution in [0.2, 0.25) is 10.0 Å². The number of carbonyl (C=O) groups is 4. The molecule has 0 radical (unpaired) electrons. The number of ketones is 1. The predicted molar refractivity (Wildman–Crippen MR) is 175 cm³/mol. The quantitative estimate of drug-likeness (QED) is 0.219. The smallest absolute Gasteiger partial charge is 0.326 e. The summed E-state index contributed by atoms with van der Waals surface area (Å²) >= 11 is 12.7. The van der Waals surface area contributed by atoms with Crippen LogP contribution in [-0.4, -0.2) is 64.7 Å². The molecular formula is C32H33Cl2N3O6S. The van der Waals surface area contributed by atoms with Gasteiger partial charge < -0.3 is 20.8 Å². The second kappa shape index (κ2) is 16.4. The van der Waals surface area contributed by atoms with Crippen molar-refractivity contribution in [1.82, 2.24) is 10.6 Å². The Balaban J connectivity index is 0.00000529. The van der Waals surface area contributed by atoms with E-state index in [1.807, 2.05) is 36.4 Å². The zero-order chi connectivity index (χ0) is 30.9. The van der Waals surface area contributed by atoms with Crippen LogP contribution in [0, 0.1) is 0 Å². The molecule has 0 fully saturated rings. The molecule has 0 aromatic heterocycles. The Kier molecular flexibility index (Phi) is 13.0. The summed E-state index contributed by atoms with van der Waals surface area (Å²) in [5.74, 6) is -2.95. The molecule has 0 saturated carbocycles. The predicted octanol–water partition coefficient (Wildman–Crippen LogP) is 4.87. The fourth-order valence-electron chi connectivity index (χ4n) is 4.69. The van der Waals surface area contributed by atoms with Gasteiger partial charge in [-0.05, 0) is 60.2 Å². The number of amides is 2. The van der Waals surface area contributed by atoms with Crippen LogP contribution in [0.1, 0.15) is 52.0 Å². The van der Waals surface area contributed by atoms with Crippen molar-refractivity contribution < 1.29 is 29.4 Å². The van der Waals surface area contributed by atoms with E-state index in [4.69, 9.17) is 23.2 Å². The molecule has 4 N–H and O–H groups in total. The highest BCUT2D eigenvalue weighted by molar-refractivity contribution is 7.59. The van der Waals surface area contributed by atoms with Gasteiger partial charge >= 0.3 is 5.97 Å². The summed E-state index contributed by atoms with van der Waals surface area (Å²) in [6.07, 6.45) is 1.14. The van der Waals surface area contributed by atoms with Crippen LogP contribution in [0.3, 0.4) is 0 Å². The highest BCUT2D eigenvalue weighted by atomic mass is 35.5. The molecule has 1 aliphatic rings. The minimum Gasteiger partial charge on any atom is -0.480 e.